The van der Waals surface area contributed by atoms with Crippen LogP contribution in [0, 0.1) is 35.0 Å². The van der Waals surface area contributed by atoms with E-state index < -0.39 is 41.8 Å². The normalized spacial score (nSPS) is 25.7. The van der Waals surface area contributed by atoms with Crippen molar-refractivity contribution < 1.29 is 28.7 Å². The molecule has 1 saturated heterocycles. The molecule has 4 aliphatic rings. The van der Waals surface area contributed by atoms with Crippen LogP contribution in [0.15, 0.2) is 24.3 Å². The van der Waals surface area contributed by atoms with Gasteiger partial charge in [0.25, 0.3) is 5.91 Å². The van der Waals surface area contributed by atoms with E-state index in [0.29, 0.717) is 31.7 Å². The van der Waals surface area contributed by atoms with Crippen LogP contribution in [0.1, 0.15) is 65.0 Å². The molecule has 6 atom stereocenters. The predicted molar refractivity (Wildman–Crippen MR) is 160 cm³/mol. The number of hydrogen-bond acceptors (Lipinski definition) is 6. The van der Waals surface area contributed by atoms with Gasteiger partial charge in [-0.2, -0.15) is 0 Å². The summed E-state index contributed by atoms with van der Waals surface area (Å²) in [6.45, 7) is 10.3. The standard InChI is InChI=1S/C33H46N4O6/c1-17(2)18(3)43-32(42)36-26(22-14-20-9-7-8-10-21(20)15-22)31(41)37-16-23-25(33(23,4)5)27(37)29(39)35-24(13-19-11-12-19)28(38)30(40)34-6/h7-10,17-19,22-27H,11-16H2,1-6H3,(H,34,40)(H,35,39)(H,36,42)/t18?,23-,24?,25-,26-,27-/m0/s1. The average molecular weight is 595 g/mol. The van der Waals surface area contributed by atoms with E-state index in [9.17, 15) is 24.0 Å². The summed E-state index contributed by atoms with van der Waals surface area (Å²) in [6, 6.07) is 5.41. The summed E-state index contributed by atoms with van der Waals surface area (Å²) < 4.78 is 5.61. The maximum atomic E-state index is 14.4. The van der Waals surface area contributed by atoms with E-state index in [1.807, 2.05) is 45.0 Å². The number of nitrogens with zero attached hydrogens (tertiary/aromatic N) is 1. The van der Waals surface area contributed by atoms with Gasteiger partial charge in [0.15, 0.2) is 0 Å². The first kappa shape index (κ1) is 31.0. The van der Waals surface area contributed by atoms with Crippen molar-refractivity contribution in [2.75, 3.05) is 13.6 Å². The fourth-order valence-corrected chi connectivity index (χ4v) is 7.12. The van der Waals surface area contributed by atoms with Gasteiger partial charge in [-0.1, -0.05) is 64.8 Å². The Hall–Kier alpha value is -3.43. The van der Waals surface area contributed by atoms with Crippen molar-refractivity contribution in [3.05, 3.63) is 35.4 Å². The molecule has 0 radical (unpaired) electrons. The van der Waals surface area contributed by atoms with Crippen molar-refractivity contribution in [3.63, 3.8) is 0 Å². The highest BCUT2D eigenvalue weighted by Gasteiger charge is 2.70. The maximum Gasteiger partial charge on any atom is 0.408 e. The third kappa shape index (κ3) is 6.29. The number of benzene rings is 1. The van der Waals surface area contributed by atoms with Crippen LogP contribution in [-0.2, 0) is 36.8 Å². The number of Topliss-reactive ketones (excluding diaryl/α,β-unsaturated/α-hetero) is 1. The lowest BCUT2D eigenvalue weighted by atomic mass is 9.93. The number of alkyl carbamates (subject to hydrolysis) is 1. The Morgan fingerprint density at radius 1 is 1.00 bits per heavy atom. The zero-order valence-corrected chi connectivity index (χ0v) is 26.1. The van der Waals surface area contributed by atoms with Gasteiger partial charge < -0.3 is 25.6 Å². The van der Waals surface area contributed by atoms with Crippen LogP contribution in [0.3, 0.4) is 0 Å². The minimum Gasteiger partial charge on any atom is -0.446 e. The molecule has 10 heteroatoms. The number of likely N-dealkylation sites (N-methyl/N-ethyl adjacent to an activating group) is 1. The van der Waals surface area contributed by atoms with Gasteiger partial charge in [-0.05, 0) is 72.3 Å². The minimum atomic E-state index is -0.941. The van der Waals surface area contributed by atoms with Crippen molar-refractivity contribution in [1.82, 2.24) is 20.9 Å². The topological polar surface area (TPSA) is 134 Å². The molecule has 10 nitrogen and oxygen atoms in total. The summed E-state index contributed by atoms with van der Waals surface area (Å²) in [5, 5.41) is 8.14. The Labute approximate surface area is 254 Å². The van der Waals surface area contributed by atoms with Crippen LogP contribution >= 0.6 is 0 Å². The van der Waals surface area contributed by atoms with Crippen LogP contribution in [0.2, 0.25) is 0 Å². The van der Waals surface area contributed by atoms with Crippen molar-refractivity contribution in [3.8, 4) is 0 Å². The van der Waals surface area contributed by atoms with Gasteiger partial charge in [0, 0.05) is 13.6 Å². The van der Waals surface area contributed by atoms with Crippen molar-refractivity contribution >= 4 is 29.6 Å². The van der Waals surface area contributed by atoms with E-state index in [1.54, 1.807) is 4.90 Å². The number of ether oxygens (including phenoxy) is 1. The molecule has 0 spiro atoms. The molecule has 2 unspecified atom stereocenters. The molecule has 3 aliphatic carbocycles. The first-order valence-corrected chi connectivity index (χ1v) is 15.7. The second-order valence-electron chi connectivity index (χ2n) is 14.0. The first-order chi connectivity index (χ1) is 20.3. The van der Waals surface area contributed by atoms with E-state index in [-0.39, 0.29) is 41.1 Å². The molecule has 4 amide bonds. The molecule has 1 aliphatic heterocycles. The molecule has 1 aromatic rings. The fourth-order valence-electron chi connectivity index (χ4n) is 7.12. The third-order valence-electron chi connectivity index (χ3n) is 10.4. The first-order valence-electron chi connectivity index (χ1n) is 15.7. The van der Waals surface area contributed by atoms with Gasteiger partial charge in [0.2, 0.25) is 17.6 Å². The molecular weight excluding hydrogens is 548 g/mol. The molecule has 234 valence electrons. The number of amides is 4. The molecule has 3 N–H and O–H groups in total. The molecule has 5 rings (SSSR count). The summed E-state index contributed by atoms with van der Waals surface area (Å²) in [5.41, 5.74) is 2.14. The van der Waals surface area contributed by atoms with Crippen LogP contribution in [-0.4, -0.2) is 72.3 Å². The summed E-state index contributed by atoms with van der Waals surface area (Å²) in [7, 11) is 1.40. The highest BCUT2D eigenvalue weighted by Crippen LogP contribution is 2.65. The second-order valence-corrected chi connectivity index (χ2v) is 14.0. The number of hydrogen-bond donors (Lipinski definition) is 3. The van der Waals surface area contributed by atoms with E-state index in [1.165, 1.54) is 7.05 Å². The SMILES string of the molecule is CNC(=O)C(=O)C(CC1CC1)NC(=O)[C@@H]1[C@@H]2[C@H](CN1C(=O)[C@@H](NC(=O)OC(C)C(C)C)C1Cc3ccccc3C1)C2(C)C. The van der Waals surface area contributed by atoms with Crippen molar-refractivity contribution in [1.29, 1.82) is 0 Å². The van der Waals surface area contributed by atoms with Gasteiger partial charge in [0.05, 0.1) is 6.04 Å². The number of carbonyl (C=O) groups excluding carboxylic acids is 5. The molecular formula is C33H46N4O6. The highest BCUT2D eigenvalue weighted by atomic mass is 16.6. The Balaban J connectivity index is 1.39. The highest BCUT2D eigenvalue weighted by molar-refractivity contribution is 6.38. The molecule has 1 heterocycles. The molecule has 43 heavy (non-hydrogen) atoms. The minimum absolute atomic E-state index is 0.0810. The largest absolute Gasteiger partial charge is 0.446 e. The van der Waals surface area contributed by atoms with E-state index in [2.05, 4.69) is 29.8 Å². The second kappa shape index (κ2) is 11.9. The van der Waals surface area contributed by atoms with Crippen LogP contribution in [0.4, 0.5) is 4.79 Å². The molecule has 0 bridgehead atoms. The Kier molecular flexibility index (Phi) is 8.60. The van der Waals surface area contributed by atoms with Crippen LogP contribution in [0.5, 0.6) is 0 Å². The maximum absolute atomic E-state index is 14.4. The molecule has 2 saturated carbocycles. The number of nitrogens with one attached hydrogen (secondary N) is 3. The smallest absolute Gasteiger partial charge is 0.408 e. The van der Waals surface area contributed by atoms with Gasteiger partial charge in [-0.25, -0.2) is 4.79 Å². The Morgan fingerprint density at radius 2 is 1.63 bits per heavy atom. The van der Waals surface area contributed by atoms with Gasteiger partial charge in [-0.3, -0.25) is 19.2 Å². The number of ketones is 1. The number of carbonyl (C=O) groups is 5. The van der Waals surface area contributed by atoms with Crippen LogP contribution in [0.25, 0.3) is 0 Å². The molecule has 3 fully saturated rings. The monoisotopic (exact) mass is 594 g/mol. The summed E-state index contributed by atoms with van der Waals surface area (Å²) in [5.74, 6) is -1.90. The van der Waals surface area contributed by atoms with Gasteiger partial charge >= 0.3 is 6.09 Å². The Bertz CT molecular complexity index is 1260. The summed E-state index contributed by atoms with van der Waals surface area (Å²) in [6.07, 6.45) is 2.59. The molecule has 0 aromatic heterocycles. The number of likely N-dealkylation sites (tertiary alicyclic amines) is 1. The van der Waals surface area contributed by atoms with E-state index in [0.717, 1.165) is 24.0 Å². The number of rotatable bonds is 11. The molecule has 1 aromatic carbocycles. The van der Waals surface area contributed by atoms with Crippen molar-refractivity contribution in [2.45, 2.75) is 91.0 Å². The lowest BCUT2D eigenvalue weighted by molar-refractivity contribution is -0.144. The number of piperidine rings is 1. The quantitative estimate of drug-likeness (QED) is 0.338. The Morgan fingerprint density at radius 3 is 2.19 bits per heavy atom. The van der Waals surface area contributed by atoms with Crippen LogP contribution < -0.4 is 16.0 Å². The van der Waals surface area contributed by atoms with Crippen molar-refractivity contribution in [2.24, 2.45) is 35.0 Å². The zero-order chi connectivity index (χ0) is 31.2. The van der Waals surface area contributed by atoms with Gasteiger partial charge in [-0.15, -0.1) is 0 Å². The predicted octanol–water partition coefficient (Wildman–Crippen LogP) is 2.62. The zero-order valence-electron chi connectivity index (χ0n) is 26.1. The van der Waals surface area contributed by atoms with Gasteiger partial charge in [0.1, 0.15) is 18.2 Å². The number of fused-ring (bicyclic) bond motifs is 2. The fraction of sp³-hybridized carbons (Fsp3) is 0.667. The lowest BCUT2D eigenvalue weighted by Crippen LogP contribution is -2.59. The summed E-state index contributed by atoms with van der Waals surface area (Å²) >= 11 is 0. The third-order valence-corrected chi connectivity index (χ3v) is 10.4. The summed E-state index contributed by atoms with van der Waals surface area (Å²) in [4.78, 5) is 68.2. The van der Waals surface area contributed by atoms with E-state index in [4.69, 9.17) is 4.74 Å². The lowest BCUT2D eigenvalue weighted by Gasteiger charge is -2.35. The average Bonchev–Trinajstić information content (AvgIpc) is 3.72. The van der Waals surface area contributed by atoms with E-state index >= 15 is 0 Å².